The van der Waals surface area contributed by atoms with Gasteiger partial charge < -0.3 is 10.6 Å². The highest BCUT2D eigenvalue weighted by Gasteiger charge is 2.07. The van der Waals surface area contributed by atoms with E-state index in [0.29, 0.717) is 11.5 Å². The van der Waals surface area contributed by atoms with E-state index in [1.54, 1.807) is 48.1 Å². The van der Waals surface area contributed by atoms with E-state index in [9.17, 15) is 8.78 Å². The molecule has 0 unspecified atom stereocenters. The summed E-state index contributed by atoms with van der Waals surface area (Å²) in [6.07, 6.45) is 6.91. The van der Waals surface area contributed by atoms with E-state index in [0.717, 1.165) is 51.7 Å². The average Bonchev–Trinajstić information content (AvgIpc) is 3.70. The Hall–Kier alpha value is -4.97. The molecule has 5 heterocycles. The second-order valence-electron chi connectivity index (χ2n) is 7.96. The third kappa shape index (κ3) is 6.23. The fraction of sp³-hybridized carbons (Fsp3) is 0.0385. The van der Waals surface area contributed by atoms with Crippen LogP contribution in [0.5, 0.6) is 0 Å². The minimum atomic E-state index is -0.540. The lowest BCUT2D eigenvalue weighted by Crippen LogP contribution is -1.97. The van der Waals surface area contributed by atoms with Gasteiger partial charge in [0, 0.05) is 40.7 Å². The van der Waals surface area contributed by atoms with Crippen LogP contribution in [-0.4, -0.2) is 35.3 Å². The van der Waals surface area contributed by atoms with Gasteiger partial charge in [-0.1, -0.05) is 12.1 Å². The largest absolute Gasteiger partial charge is 0.338 e. The minimum Gasteiger partial charge on any atom is -0.338 e. The number of aromatic amines is 2. The molecule has 0 amide bonds. The molecule has 0 aliphatic heterocycles. The van der Waals surface area contributed by atoms with Gasteiger partial charge in [0.15, 0.2) is 5.13 Å². The fourth-order valence-corrected chi connectivity index (χ4v) is 4.09. The molecule has 0 saturated carbocycles. The SMILES string of the molecule is Cc1cccc(Nc2nc(-c3cn[nH]c3)cs2)n1.Fc1ccc(F)c(Nc2cccc(-c3cn[nH]c3)n2)c1. The second kappa shape index (κ2) is 11.4. The Balaban J connectivity index is 0.000000156. The van der Waals surface area contributed by atoms with Crippen molar-refractivity contribution in [2.75, 3.05) is 10.6 Å². The van der Waals surface area contributed by atoms with E-state index >= 15 is 0 Å². The molecule has 5 aromatic heterocycles. The maximum Gasteiger partial charge on any atom is 0.188 e. The Labute approximate surface area is 220 Å². The number of hydrogen-bond donors (Lipinski definition) is 4. The number of aromatic nitrogens is 7. The predicted molar refractivity (Wildman–Crippen MR) is 143 cm³/mol. The van der Waals surface area contributed by atoms with Crippen molar-refractivity contribution in [3.8, 4) is 22.5 Å². The minimum absolute atomic E-state index is 0.0434. The number of anilines is 4. The topological polar surface area (TPSA) is 120 Å². The van der Waals surface area contributed by atoms with Crippen LogP contribution in [0.2, 0.25) is 0 Å². The lowest BCUT2D eigenvalue weighted by atomic mass is 10.2. The summed E-state index contributed by atoms with van der Waals surface area (Å²) in [4.78, 5) is 13.2. The van der Waals surface area contributed by atoms with Gasteiger partial charge in [-0.3, -0.25) is 10.2 Å². The highest BCUT2D eigenvalue weighted by Crippen LogP contribution is 2.26. The predicted octanol–water partition coefficient (Wildman–Crippen LogP) is 6.47. The summed E-state index contributed by atoms with van der Waals surface area (Å²) in [5.41, 5.74) is 4.41. The Bertz CT molecular complexity index is 1620. The number of thiazole rings is 1. The van der Waals surface area contributed by atoms with Crippen LogP contribution < -0.4 is 10.6 Å². The van der Waals surface area contributed by atoms with E-state index < -0.39 is 11.6 Å². The molecule has 12 heteroatoms. The van der Waals surface area contributed by atoms with Gasteiger partial charge in [-0.15, -0.1) is 11.3 Å². The molecular formula is C26H21F2N9S. The van der Waals surface area contributed by atoms with Crippen LogP contribution in [0.25, 0.3) is 22.5 Å². The molecule has 1 aromatic carbocycles. The van der Waals surface area contributed by atoms with Gasteiger partial charge in [-0.05, 0) is 43.3 Å². The van der Waals surface area contributed by atoms with Gasteiger partial charge in [-0.25, -0.2) is 23.7 Å². The number of halogens is 2. The molecule has 4 N–H and O–H groups in total. The maximum absolute atomic E-state index is 13.6. The Morgan fingerprint density at radius 3 is 2.18 bits per heavy atom. The average molecular weight is 530 g/mol. The van der Waals surface area contributed by atoms with Gasteiger partial charge in [0.25, 0.3) is 0 Å². The fourth-order valence-electron chi connectivity index (χ4n) is 3.36. The summed E-state index contributed by atoms with van der Waals surface area (Å²) in [5, 5.41) is 22.0. The van der Waals surface area contributed by atoms with Crippen molar-refractivity contribution in [1.82, 2.24) is 35.3 Å². The number of hydrogen-bond acceptors (Lipinski definition) is 8. The van der Waals surface area contributed by atoms with E-state index in [1.165, 1.54) is 0 Å². The molecule has 0 radical (unpaired) electrons. The number of H-pyrrole nitrogens is 2. The van der Waals surface area contributed by atoms with Crippen LogP contribution in [0.3, 0.4) is 0 Å². The monoisotopic (exact) mass is 529 g/mol. The van der Waals surface area contributed by atoms with Crippen LogP contribution >= 0.6 is 11.3 Å². The van der Waals surface area contributed by atoms with Crippen LogP contribution in [-0.2, 0) is 0 Å². The Morgan fingerprint density at radius 1 is 0.763 bits per heavy atom. The Morgan fingerprint density at radius 2 is 1.47 bits per heavy atom. The summed E-state index contributed by atoms with van der Waals surface area (Å²) < 4.78 is 26.7. The second-order valence-corrected chi connectivity index (χ2v) is 8.82. The van der Waals surface area contributed by atoms with Gasteiger partial charge in [0.1, 0.15) is 23.3 Å². The van der Waals surface area contributed by atoms with Crippen molar-refractivity contribution in [2.24, 2.45) is 0 Å². The molecule has 0 spiro atoms. The molecule has 9 nitrogen and oxygen atoms in total. The highest BCUT2D eigenvalue weighted by atomic mass is 32.1. The normalized spacial score (nSPS) is 10.5. The standard InChI is InChI=1S/C14H10F2N4.C12H11N5S/c15-10-4-5-11(16)13(6-10)20-14-3-1-2-12(19-14)9-7-17-18-8-9;1-8-3-2-4-11(15-8)17-12-16-10(7-18-12)9-5-13-14-6-9/h1-8H,(H,17,18)(H,19,20);2-7H,1H3,(H,13,14)(H,15,16,17). The molecule has 6 rings (SSSR count). The zero-order valence-corrected chi connectivity index (χ0v) is 20.8. The number of rotatable bonds is 6. The third-order valence-electron chi connectivity index (χ3n) is 5.16. The summed E-state index contributed by atoms with van der Waals surface area (Å²) in [7, 11) is 0. The summed E-state index contributed by atoms with van der Waals surface area (Å²) in [6.45, 7) is 1.96. The van der Waals surface area contributed by atoms with E-state index in [-0.39, 0.29) is 5.69 Å². The first-order valence-corrected chi connectivity index (χ1v) is 12.2. The lowest BCUT2D eigenvalue weighted by molar-refractivity contribution is 0.603. The van der Waals surface area contributed by atoms with Gasteiger partial charge in [0.2, 0.25) is 0 Å². The molecular weight excluding hydrogens is 508 g/mol. The van der Waals surface area contributed by atoms with Gasteiger partial charge >= 0.3 is 0 Å². The number of pyridine rings is 2. The molecule has 0 saturated heterocycles. The molecule has 0 fully saturated rings. The van der Waals surface area contributed by atoms with Crippen LogP contribution in [0.15, 0.2) is 84.8 Å². The molecule has 6 aromatic rings. The van der Waals surface area contributed by atoms with Crippen molar-refractivity contribution < 1.29 is 8.78 Å². The zero-order valence-electron chi connectivity index (χ0n) is 20.0. The smallest absolute Gasteiger partial charge is 0.188 e. The van der Waals surface area contributed by atoms with Crippen molar-refractivity contribution in [1.29, 1.82) is 0 Å². The van der Waals surface area contributed by atoms with Crippen LogP contribution in [0.4, 0.5) is 31.2 Å². The van der Waals surface area contributed by atoms with E-state index in [2.05, 4.69) is 46.0 Å². The first-order valence-electron chi connectivity index (χ1n) is 11.4. The number of aryl methyl sites for hydroxylation is 1. The van der Waals surface area contributed by atoms with Crippen molar-refractivity contribution in [3.63, 3.8) is 0 Å². The molecule has 0 aliphatic carbocycles. The first kappa shape index (κ1) is 24.7. The van der Waals surface area contributed by atoms with Crippen molar-refractivity contribution in [3.05, 3.63) is 102 Å². The molecule has 0 aliphatic rings. The highest BCUT2D eigenvalue weighted by molar-refractivity contribution is 7.14. The molecule has 190 valence electrons. The van der Waals surface area contributed by atoms with Crippen LogP contribution in [0.1, 0.15) is 5.69 Å². The van der Waals surface area contributed by atoms with Crippen molar-refractivity contribution >= 4 is 33.8 Å². The third-order valence-corrected chi connectivity index (χ3v) is 5.91. The van der Waals surface area contributed by atoms with Crippen LogP contribution in [0, 0.1) is 18.6 Å². The van der Waals surface area contributed by atoms with Gasteiger partial charge in [-0.2, -0.15) is 10.2 Å². The first-order chi connectivity index (χ1) is 18.5. The molecule has 0 bridgehead atoms. The number of benzene rings is 1. The summed E-state index contributed by atoms with van der Waals surface area (Å²) >= 11 is 1.54. The lowest BCUT2D eigenvalue weighted by Gasteiger charge is -2.08. The van der Waals surface area contributed by atoms with Gasteiger partial charge in [0.05, 0.1) is 29.5 Å². The van der Waals surface area contributed by atoms with E-state index in [4.69, 9.17) is 0 Å². The molecule has 38 heavy (non-hydrogen) atoms. The number of nitrogens with zero attached hydrogens (tertiary/aromatic N) is 5. The summed E-state index contributed by atoms with van der Waals surface area (Å²) in [5.74, 6) is 0.179. The zero-order chi connectivity index (χ0) is 26.3. The summed E-state index contributed by atoms with van der Waals surface area (Å²) in [6, 6.07) is 14.3. The molecule has 0 atom stereocenters. The van der Waals surface area contributed by atoms with Crippen molar-refractivity contribution in [2.45, 2.75) is 6.92 Å². The Kier molecular flexibility index (Phi) is 7.41. The maximum atomic E-state index is 13.6. The quantitative estimate of drug-likeness (QED) is 0.195. The number of nitrogens with one attached hydrogen (secondary N) is 4. The van der Waals surface area contributed by atoms with E-state index in [1.807, 2.05) is 36.7 Å².